The fourth-order valence-corrected chi connectivity index (χ4v) is 2.38. The molecule has 0 radical (unpaired) electrons. The zero-order valence-electron chi connectivity index (χ0n) is 11.9. The van der Waals surface area contributed by atoms with Crippen molar-refractivity contribution >= 4 is 17.3 Å². The molecule has 1 N–H and O–H groups in total. The van der Waals surface area contributed by atoms with Crippen LogP contribution in [0.1, 0.15) is 32.1 Å². The SMILES string of the molecule is CCNC(CC)c1ccc(-c2ccc(Cl)c([N+](=O)[O-])c2)o1. The summed E-state index contributed by atoms with van der Waals surface area (Å²) in [6.07, 6.45) is 0.904. The van der Waals surface area contributed by atoms with Crippen molar-refractivity contribution in [2.24, 2.45) is 0 Å². The van der Waals surface area contributed by atoms with Gasteiger partial charge in [-0.3, -0.25) is 10.1 Å². The van der Waals surface area contributed by atoms with Gasteiger partial charge >= 0.3 is 0 Å². The Bertz CT molecular complexity index is 640. The molecule has 21 heavy (non-hydrogen) atoms. The molecule has 0 spiro atoms. The number of halogens is 1. The Balaban J connectivity index is 2.33. The molecule has 1 heterocycles. The van der Waals surface area contributed by atoms with Gasteiger partial charge in [-0.2, -0.15) is 0 Å². The molecule has 0 bridgehead atoms. The Morgan fingerprint density at radius 3 is 2.71 bits per heavy atom. The summed E-state index contributed by atoms with van der Waals surface area (Å²) in [6, 6.07) is 8.52. The second-order valence-corrected chi connectivity index (χ2v) is 5.05. The third kappa shape index (κ3) is 3.43. The van der Waals surface area contributed by atoms with Crippen LogP contribution >= 0.6 is 11.6 Å². The van der Waals surface area contributed by atoms with Crippen molar-refractivity contribution < 1.29 is 9.34 Å². The van der Waals surface area contributed by atoms with Crippen molar-refractivity contribution in [2.45, 2.75) is 26.3 Å². The monoisotopic (exact) mass is 308 g/mol. The fourth-order valence-electron chi connectivity index (χ4n) is 2.19. The minimum Gasteiger partial charge on any atom is -0.459 e. The van der Waals surface area contributed by atoms with Crippen LogP contribution < -0.4 is 5.32 Å². The molecule has 0 amide bonds. The summed E-state index contributed by atoms with van der Waals surface area (Å²) in [7, 11) is 0. The molecule has 0 saturated carbocycles. The molecule has 0 fully saturated rings. The highest BCUT2D eigenvalue weighted by Gasteiger charge is 2.17. The average molecular weight is 309 g/mol. The van der Waals surface area contributed by atoms with E-state index in [0.29, 0.717) is 11.3 Å². The van der Waals surface area contributed by atoms with Crippen LogP contribution in [0.15, 0.2) is 34.7 Å². The summed E-state index contributed by atoms with van der Waals surface area (Å²) < 4.78 is 5.82. The molecule has 1 unspecified atom stereocenters. The number of benzene rings is 1. The number of furan rings is 1. The summed E-state index contributed by atoms with van der Waals surface area (Å²) in [5.41, 5.74) is 0.523. The second-order valence-electron chi connectivity index (χ2n) is 4.64. The van der Waals surface area contributed by atoms with Crippen LogP contribution in [0.5, 0.6) is 0 Å². The van der Waals surface area contributed by atoms with Gasteiger partial charge in [-0.1, -0.05) is 25.4 Å². The van der Waals surface area contributed by atoms with Crippen molar-refractivity contribution in [3.63, 3.8) is 0 Å². The fraction of sp³-hybridized carbons (Fsp3) is 0.333. The average Bonchev–Trinajstić information content (AvgIpc) is 2.94. The highest BCUT2D eigenvalue weighted by molar-refractivity contribution is 6.32. The van der Waals surface area contributed by atoms with Gasteiger partial charge in [-0.25, -0.2) is 0 Å². The maximum atomic E-state index is 10.9. The molecule has 112 valence electrons. The van der Waals surface area contributed by atoms with E-state index in [1.54, 1.807) is 6.07 Å². The summed E-state index contributed by atoms with van der Waals surface area (Å²) >= 11 is 5.82. The molecule has 5 nitrogen and oxygen atoms in total. The van der Waals surface area contributed by atoms with E-state index in [2.05, 4.69) is 12.2 Å². The third-order valence-electron chi connectivity index (χ3n) is 3.26. The van der Waals surface area contributed by atoms with Crippen LogP contribution in [0.4, 0.5) is 5.69 Å². The molecule has 1 aromatic carbocycles. The maximum absolute atomic E-state index is 10.9. The lowest BCUT2D eigenvalue weighted by molar-refractivity contribution is -0.384. The molecule has 0 aliphatic rings. The van der Waals surface area contributed by atoms with Gasteiger partial charge in [0, 0.05) is 11.6 Å². The van der Waals surface area contributed by atoms with Crippen molar-refractivity contribution in [2.75, 3.05) is 6.54 Å². The number of nitrogens with zero attached hydrogens (tertiary/aromatic N) is 1. The molecule has 0 aliphatic carbocycles. The van der Waals surface area contributed by atoms with Gasteiger partial charge in [0.1, 0.15) is 16.5 Å². The molecule has 6 heteroatoms. The summed E-state index contributed by atoms with van der Waals surface area (Å²) in [4.78, 5) is 10.4. The van der Waals surface area contributed by atoms with Crippen LogP contribution in [0.2, 0.25) is 5.02 Å². The molecule has 2 rings (SSSR count). The second kappa shape index (κ2) is 6.74. The molecular weight excluding hydrogens is 292 g/mol. The first-order chi connectivity index (χ1) is 10.1. The Morgan fingerprint density at radius 2 is 2.10 bits per heavy atom. The highest BCUT2D eigenvalue weighted by atomic mass is 35.5. The minimum atomic E-state index is -0.497. The number of nitrogens with one attached hydrogen (secondary N) is 1. The van der Waals surface area contributed by atoms with Gasteiger partial charge in [0.2, 0.25) is 0 Å². The van der Waals surface area contributed by atoms with Crippen molar-refractivity contribution in [1.29, 1.82) is 0 Å². The number of nitro groups is 1. The van der Waals surface area contributed by atoms with E-state index in [9.17, 15) is 10.1 Å². The van der Waals surface area contributed by atoms with Crippen molar-refractivity contribution in [1.82, 2.24) is 5.32 Å². The Hall–Kier alpha value is -1.85. The largest absolute Gasteiger partial charge is 0.459 e. The number of hydrogen-bond donors (Lipinski definition) is 1. The van der Waals surface area contributed by atoms with Crippen molar-refractivity contribution in [3.8, 4) is 11.3 Å². The number of nitro benzene ring substituents is 1. The number of rotatable bonds is 6. The van der Waals surface area contributed by atoms with Crippen LogP contribution in [-0.4, -0.2) is 11.5 Å². The predicted molar refractivity (Wildman–Crippen MR) is 82.5 cm³/mol. The molecule has 2 aromatic rings. The zero-order valence-corrected chi connectivity index (χ0v) is 12.7. The minimum absolute atomic E-state index is 0.120. The van der Waals surface area contributed by atoms with Crippen LogP contribution in [0, 0.1) is 10.1 Å². The van der Waals surface area contributed by atoms with Crippen LogP contribution in [-0.2, 0) is 0 Å². The highest BCUT2D eigenvalue weighted by Crippen LogP contribution is 2.32. The first kappa shape index (κ1) is 15.5. The lowest BCUT2D eigenvalue weighted by atomic mass is 10.1. The van der Waals surface area contributed by atoms with Gasteiger partial charge in [0.25, 0.3) is 5.69 Å². The Labute approximate surface area is 128 Å². The lowest BCUT2D eigenvalue weighted by Crippen LogP contribution is -2.19. The van der Waals surface area contributed by atoms with E-state index < -0.39 is 4.92 Å². The quantitative estimate of drug-likeness (QED) is 0.627. The first-order valence-corrected chi connectivity index (χ1v) is 7.22. The maximum Gasteiger partial charge on any atom is 0.288 e. The zero-order chi connectivity index (χ0) is 15.4. The molecule has 1 atom stereocenters. The Morgan fingerprint density at radius 1 is 1.33 bits per heavy atom. The van der Waals surface area contributed by atoms with Gasteiger partial charge in [-0.15, -0.1) is 0 Å². The van der Waals surface area contributed by atoms with Gasteiger partial charge in [0.05, 0.1) is 11.0 Å². The van der Waals surface area contributed by atoms with Gasteiger partial charge < -0.3 is 9.73 Å². The van der Waals surface area contributed by atoms with E-state index in [-0.39, 0.29) is 16.8 Å². The standard InChI is InChI=1S/C15H17ClN2O3/c1-3-12(17-4-2)15-8-7-14(21-15)10-5-6-11(16)13(9-10)18(19)20/h5-9,12,17H,3-4H2,1-2H3. The van der Waals surface area contributed by atoms with E-state index >= 15 is 0 Å². The molecule has 1 aromatic heterocycles. The normalized spacial score (nSPS) is 12.3. The van der Waals surface area contributed by atoms with Gasteiger partial charge in [-0.05, 0) is 37.2 Å². The molecule has 0 saturated heterocycles. The van der Waals surface area contributed by atoms with Crippen LogP contribution in [0.25, 0.3) is 11.3 Å². The molecule has 0 aliphatic heterocycles. The number of hydrogen-bond acceptors (Lipinski definition) is 4. The van der Waals surface area contributed by atoms with Gasteiger partial charge in [0.15, 0.2) is 0 Å². The van der Waals surface area contributed by atoms with Crippen LogP contribution in [0.3, 0.4) is 0 Å². The van der Waals surface area contributed by atoms with E-state index in [4.69, 9.17) is 16.0 Å². The predicted octanol–water partition coefficient (Wildman–Crippen LogP) is 4.57. The summed E-state index contributed by atoms with van der Waals surface area (Å²) in [5, 5.41) is 14.4. The first-order valence-electron chi connectivity index (χ1n) is 6.84. The molecular formula is C15H17ClN2O3. The van der Waals surface area contributed by atoms with E-state index in [1.807, 2.05) is 19.1 Å². The summed E-state index contributed by atoms with van der Waals surface area (Å²) in [5.74, 6) is 1.42. The van der Waals surface area contributed by atoms with Crippen molar-refractivity contribution in [3.05, 3.63) is 51.2 Å². The Kier molecular flexibility index (Phi) is 4.98. The smallest absolute Gasteiger partial charge is 0.288 e. The topological polar surface area (TPSA) is 68.3 Å². The summed E-state index contributed by atoms with van der Waals surface area (Å²) in [6.45, 7) is 4.96. The van der Waals surface area contributed by atoms with E-state index in [0.717, 1.165) is 18.7 Å². The third-order valence-corrected chi connectivity index (χ3v) is 3.58. The van der Waals surface area contributed by atoms with E-state index in [1.165, 1.54) is 12.1 Å². The lowest BCUT2D eigenvalue weighted by Gasteiger charge is -2.12.